The Morgan fingerprint density at radius 1 is 0.342 bits per heavy atom. The fourth-order valence-electron chi connectivity index (χ4n) is 5.39. The van der Waals surface area contributed by atoms with E-state index in [-0.39, 0.29) is 0 Å². The molecule has 1 heterocycles. The van der Waals surface area contributed by atoms with E-state index in [9.17, 15) is 0 Å². The number of para-hydroxylation sites is 3. The molecule has 0 radical (unpaired) electrons. The Morgan fingerprint density at radius 3 is 1.32 bits per heavy atom. The molecular formula is C36H26N2. The van der Waals surface area contributed by atoms with Gasteiger partial charge in [-0.1, -0.05) is 103 Å². The van der Waals surface area contributed by atoms with Gasteiger partial charge in [-0.15, -0.1) is 0 Å². The molecule has 0 aliphatic carbocycles. The number of benzene rings is 6. The third-order valence-electron chi connectivity index (χ3n) is 7.20. The Kier molecular flexibility index (Phi) is 5.49. The van der Waals surface area contributed by atoms with Crippen LogP contribution in [0.15, 0.2) is 152 Å². The van der Waals surface area contributed by atoms with E-state index in [0.717, 1.165) is 17.1 Å². The third kappa shape index (κ3) is 3.93. The van der Waals surface area contributed by atoms with E-state index in [1.165, 1.54) is 44.8 Å². The van der Waals surface area contributed by atoms with E-state index >= 15 is 0 Å². The molecule has 0 saturated carbocycles. The lowest BCUT2D eigenvalue weighted by Crippen LogP contribution is -2.10. The Morgan fingerprint density at radius 2 is 0.763 bits per heavy atom. The summed E-state index contributed by atoms with van der Waals surface area (Å²) in [5.41, 5.74) is 13.1. The summed E-state index contributed by atoms with van der Waals surface area (Å²) < 4.78 is 0. The molecular weight excluding hydrogens is 460 g/mol. The molecule has 7 rings (SSSR count). The summed E-state index contributed by atoms with van der Waals surface area (Å²) in [6.07, 6.45) is 0. The summed E-state index contributed by atoms with van der Waals surface area (Å²) in [6, 6.07) is 53.9. The summed E-state index contributed by atoms with van der Waals surface area (Å²) in [5, 5.41) is 3.46. The van der Waals surface area contributed by atoms with E-state index < -0.39 is 0 Å². The first-order valence-electron chi connectivity index (χ1n) is 13.0. The van der Waals surface area contributed by atoms with E-state index in [1.807, 2.05) is 18.2 Å². The second kappa shape index (κ2) is 9.42. The highest BCUT2D eigenvalue weighted by Gasteiger charge is 2.25. The standard InChI is InChI=1S/C36H26N2/c1-2-10-28(11-3-1)37-29-22-18-26(19-23-29)27-20-24-30(25-21-27)38-35-16-8-6-14-33(35)31-12-4-5-13-32(31)34-15-7-9-17-36(34)38/h1-25,37H. The van der Waals surface area contributed by atoms with Crippen LogP contribution in [-0.4, -0.2) is 0 Å². The number of hydrogen-bond acceptors (Lipinski definition) is 2. The van der Waals surface area contributed by atoms with Crippen molar-refractivity contribution in [3.63, 3.8) is 0 Å². The molecule has 6 aromatic carbocycles. The van der Waals surface area contributed by atoms with Crippen molar-refractivity contribution in [3.05, 3.63) is 152 Å². The average Bonchev–Trinajstić information content (AvgIpc) is 3.11. The highest BCUT2D eigenvalue weighted by molar-refractivity contribution is 6.02. The van der Waals surface area contributed by atoms with Crippen molar-refractivity contribution in [2.75, 3.05) is 10.2 Å². The van der Waals surface area contributed by atoms with Crippen molar-refractivity contribution in [2.45, 2.75) is 0 Å². The average molecular weight is 487 g/mol. The smallest absolute Gasteiger partial charge is 0.0540 e. The number of anilines is 5. The lowest BCUT2D eigenvalue weighted by Gasteiger charge is -2.27. The Labute approximate surface area is 223 Å². The number of nitrogens with one attached hydrogen (secondary N) is 1. The first-order chi connectivity index (χ1) is 18.8. The quantitative estimate of drug-likeness (QED) is 0.266. The van der Waals surface area contributed by atoms with Crippen LogP contribution in [0.3, 0.4) is 0 Å². The number of fused-ring (bicyclic) bond motifs is 5. The summed E-state index contributed by atoms with van der Waals surface area (Å²) >= 11 is 0. The second-order valence-electron chi connectivity index (χ2n) is 9.53. The topological polar surface area (TPSA) is 15.3 Å². The summed E-state index contributed by atoms with van der Waals surface area (Å²) in [7, 11) is 0. The van der Waals surface area contributed by atoms with E-state index in [1.54, 1.807) is 0 Å². The summed E-state index contributed by atoms with van der Waals surface area (Å²) in [5.74, 6) is 0. The Balaban J connectivity index is 1.26. The number of rotatable bonds is 4. The maximum absolute atomic E-state index is 3.46. The minimum absolute atomic E-state index is 1.08. The molecule has 0 fully saturated rings. The van der Waals surface area contributed by atoms with Crippen LogP contribution < -0.4 is 10.2 Å². The molecule has 0 aromatic heterocycles. The molecule has 2 heteroatoms. The van der Waals surface area contributed by atoms with Gasteiger partial charge in [0.1, 0.15) is 0 Å². The molecule has 1 aliphatic heterocycles. The van der Waals surface area contributed by atoms with Crippen molar-refractivity contribution in [2.24, 2.45) is 0 Å². The molecule has 0 amide bonds. The van der Waals surface area contributed by atoms with Gasteiger partial charge in [-0.25, -0.2) is 0 Å². The lowest BCUT2D eigenvalue weighted by molar-refractivity contribution is 1.29. The second-order valence-corrected chi connectivity index (χ2v) is 9.53. The molecule has 180 valence electrons. The van der Waals surface area contributed by atoms with Crippen LogP contribution >= 0.6 is 0 Å². The molecule has 0 bridgehead atoms. The zero-order valence-electron chi connectivity index (χ0n) is 20.9. The summed E-state index contributed by atoms with van der Waals surface area (Å²) in [4.78, 5) is 2.39. The molecule has 6 aromatic rings. The van der Waals surface area contributed by atoms with Crippen LogP contribution in [0, 0.1) is 0 Å². The van der Waals surface area contributed by atoms with Gasteiger partial charge in [-0.2, -0.15) is 0 Å². The number of hydrogen-bond donors (Lipinski definition) is 1. The van der Waals surface area contributed by atoms with Crippen molar-refractivity contribution in [3.8, 4) is 33.4 Å². The first-order valence-corrected chi connectivity index (χ1v) is 13.0. The van der Waals surface area contributed by atoms with Gasteiger partial charge in [0.15, 0.2) is 0 Å². The normalized spacial score (nSPS) is 11.6. The van der Waals surface area contributed by atoms with Crippen LogP contribution in [-0.2, 0) is 0 Å². The molecule has 38 heavy (non-hydrogen) atoms. The lowest BCUT2D eigenvalue weighted by atomic mass is 9.95. The largest absolute Gasteiger partial charge is 0.356 e. The summed E-state index contributed by atoms with van der Waals surface area (Å²) in [6.45, 7) is 0. The van der Waals surface area contributed by atoms with E-state index in [4.69, 9.17) is 0 Å². The van der Waals surface area contributed by atoms with Crippen LogP contribution in [0.1, 0.15) is 0 Å². The predicted molar refractivity (Wildman–Crippen MR) is 161 cm³/mol. The van der Waals surface area contributed by atoms with Gasteiger partial charge in [0.05, 0.1) is 11.4 Å². The van der Waals surface area contributed by atoms with Gasteiger partial charge in [0.25, 0.3) is 0 Å². The zero-order valence-corrected chi connectivity index (χ0v) is 20.9. The fourth-order valence-corrected chi connectivity index (χ4v) is 5.39. The molecule has 0 atom stereocenters. The molecule has 1 N–H and O–H groups in total. The SMILES string of the molecule is c1ccc(Nc2ccc(-c3ccc(N4c5ccccc5-c5ccccc5-c5ccccc54)cc3)cc2)cc1. The van der Waals surface area contributed by atoms with Crippen molar-refractivity contribution >= 4 is 28.4 Å². The first kappa shape index (κ1) is 22.1. The van der Waals surface area contributed by atoms with Gasteiger partial charge in [-0.3, -0.25) is 0 Å². The molecule has 0 unspecified atom stereocenters. The monoisotopic (exact) mass is 486 g/mol. The van der Waals surface area contributed by atoms with Gasteiger partial charge in [0.2, 0.25) is 0 Å². The number of nitrogens with zero attached hydrogens (tertiary/aromatic N) is 1. The highest BCUT2D eigenvalue weighted by atomic mass is 15.1. The molecule has 1 aliphatic rings. The van der Waals surface area contributed by atoms with Crippen molar-refractivity contribution in [1.29, 1.82) is 0 Å². The predicted octanol–water partition coefficient (Wildman–Crippen LogP) is 10.2. The van der Waals surface area contributed by atoms with Gasteiger partial charge in [-0.05, 0) is 70.8 Å². The minimum atomic E-state index is 1.08. The zero-order chi connectivity index (χ0) is 25.3. The highest BCUT2D eigenvalue weighted by Crippen LogP contribution is 2.50. The van der Waals surface area contributed by atoms with Crippen LogP contribution in [0.25, 0.3) is 33.4 Å². The van der Waals surface area contributed by atoms with E-state index in [0.29, 0.717) is 0 Å². The van der Waals surface area contributed by atoms with Gasteiger partial charge < -0.3 is 10.2 Å². The van der Waals surface area contributed by atoms with Crippen molar-refractivity contribution in [1.82, 2.24) is 0 Å². The van der Waals surface area contributed by atoms with Crippen molar-refractivity contribution < 1.29 is 0 Å². The maximum atomic E-state index is 3.46. The molecule has 0 spiro atoms. The van der Waals surface area contributed by atoms with Crippen LogP contribution in [0.2, 0.25) is 0 Å². The van der Waals surface area contributed by atoms with Gasteiger partial charge in [0, 0.05) is 28.2 Å². The van der Waals surface area contributed by atoms with Gasteiger partial charge >= 0.3 is 0 Å². The van der Waals surface area contributed by atoms with Crippen LogP contribution in [0.4, 0.5) is 28.4 Å². The Bertz CT molecular complexity index is 1650. The van der Waals surface area contributed by atoms with E-state index in [2.05, 4.69) is 144 Å². The van der Waals surface area contributed by atoms with Crippen LogP contribution in [0.5, 0.6) is 0 Å². The minimum Gasteiger partial charge on any atom is -0.356 e. The maximum Gasteiger partial charge on any atom is 0.0540 e. The molecule has 0 saturated heterocycles. The fraction of sp³-hybridized carbons (Fsp3) is 0. The Hall–Kier alpha value is -5.08. The third-order valence-corrected chi connectivity index (χ3v) is 7.20. The molecule has 2 nitrogen and oxygen atoms in total.